The minimum absolute atomic E-state index is 0.0990. The third-order valence-electron chi connectivity index (χ3n) is 4.84. The lowest BCUT2D eigenvalue weighted by Gasteiger charge is -2.14. The summed E-state index contributed by atoms with van der Waals surface area (Å²) in [6.07, 6.45) is 3.88. The standard InChI is InChI=1S/C22H25BrN2O5S2/c1-3-29-21(27)18-14-6-4-5-7-17(14)32-20(18)25-22(31)24-19(26)15-12-13(23)8-9-16(15)30-11-10-28-2/h8-9,12H,3-7,10-11H2,1-2H3,(H2,24,25,26,31). The Hall–Kier alpha value is -2.01. The molecule has 3 rings (SSSR count). The normalized spacial score (nSPS) is 12.6. The van der Waals surface area contributed by atoms with Crippen LogP contribution in [0.3, 0.4) is 0 Å². The van der Waals surface area contributed by atoms with Gasteiger partial charge in [-0.05, 0) is 68.6 Å². The fraction of sp³-hybridized carbons (Fsp3) is 0.409. The quantitative estimate of drug-likeness (QED) is 0.284. The van der Waals surface area contributed by atoms with E-state index in [0.717, 1.165) is 40.6 Å². The molecule has 0 unspecified atom stereocenters. The molecule has 0 saturated carbocycles. The Morgan fingerprint density at radius 2 is 2.00 bits per heavy atom. The molecule has 2 aromatic rings. The molecule has 1 amide bonds. The van der Waals surface area contributed by atoms with Crippen LogP contribution in [0.15, 0.2) is 22.7 Å². The topological polar surface area (TPSA) is 85.9 Å². The molecule has 0 fully saturated rings. The number of benzene rings is 1. The van der Waals surface area contributed by atoms with Gasteiger partial charge in [-0.2, -0.15) is 0 Å². The first kappa shape index (κ1) is 24.6. The molecule has 0 saturated heterocycles. The summed E-state index contributed by atoms with van der Waals surface area (Å²) in [6.45, 7) is 2.78. The second kappa shape index (κ2) is 11.7. The number of ether oxygens (including phenoxy) is 3. The van der Waals surface area contributed by atoms with Crippen LogP contribution in [0, 0.1) is 0 Å². The lowest BCUT2D eigenvalue weighted by Crippen LogP contribution is -2.34. The zero-order chi connectivity index (χ0) is 23.1. The van der Waals surface area contributed by atoms with Crippen LogP contribution in [0.5, 0.6) is 5.75 Å². The second-order valence-electron chi connectivity index (χ2n) is 7.03. The lowest BCUT2D eigenvalue weighted by atomic mass is 9.95. The maximum Gasteiger partial charge on any atom is 0.341 e. The van der Waals surface area contributed by atoms with E-state index in [1.807, 2.05) is 0 Å². The first-order chi connectivity index (χ1) is 15.4. The molecule has 1 aliphatic rings. The summed E-state index contributed by atoms with van der Waals surface area (Å²) in [4.78, 5) is 26.7. The number of esters is 1. The van der Waals surface area contributed by atoms with E-state index in [1.165, 1.54) is 11.3 Å². The average Bonchev–Trinajstić information content (AvgIpc) is 3.12. The predicted molar refractivity (Wildman–Crippen MR) is 132 cm³/mol. The van der Waals surface area contributed by atoms with Gasteiger partial charge in [-0.15, -0.1) is 11.3 Å². The van der Waals surface area contributed by atoms with Crippen molar-refractivity contribution >= 4 is 61.5 Å². The number of halogens is 1. The van der Waals surface area contributed by atoms with Crippen molar-refractivity contribution in [2.24, 2.45) is 0 Å². The van der Waals surface area contributed by atoms with Crippen molar-refractivity contribution in [3.05, 3.63) is 44.2 Å². The number of thiophene rings is 1. The lowest BCUT2D eigenvalue weighted by molar-refractivity contribution is 0.0526. The molecule has 0 atom stereocenters. The van der Waals surface area contributed by atoms with E-state index in [1.54, 1.807) is 32.2 Å². The molecule has 0 radical (unpaired) electrons. The van der Waals surface area contributed by atoms with Gasteiger partial charge in [0.25, 0.3) is 5.91 Å². The van der Waals surface area contributed by atoms with Gasteiger partial charge in [-0.3, -0.25) is 10.1 Å². The zero-order valence-electron chi connectivity index (χ0n) is 17.9. The third kappa shape index (κ3) is 6.06. The van der Waals surface area contributed by atoms with Crippen molar-refractivity contribution in [3.63, 3.8) is 0 Å². The number of anilines is 1. The van der Waals surface area contributed by atoms with Gasteiger partial charge in [0.2, 0.25) is 0 Å². The van der Waals surface area contributed by atoms with Crippen molar-refractivity contribution in [2.45, 2.75) is 32.6 Å². The van der Waals surface area contributed by atoms with Gasteiger partial charge in [0.1, 0.15) is 17.4 Å². The summed E-state index contributed by atoms with van der Waals surface area (Å²) in [5, 5.41) is 6.43. The fourth-order valence-corrected chi connectivity index (χ4v) is 5.32. The van der Waals surface area contributed by atoms with Crippen LogP contribution in [0.25, 0.3) is 0 Å². The summed E-state index contributed by atoms with van der Waals surface area (Å²) >= 11 is 10.3. The largest absolute Gasteiger partial charge is 0.490 e. The van der Waals surface area contributed by atoms with Crippen LogP contribution in [-0.2, 0) is 22.3 Å². The molecule has 1 aliphatic carbocycles. The first-order valence-electron chi connectivity index (χ1n) is 10.3. The Balaban J connectivity index is 1.76. The summed E-state index contributed by atoms with van der Waals surface area (Å²) in [7, 11) is 1.58. The van der Waals surface area contributed by atoms with Gasteiger partial charge in [-0.25, -0.2) is 4.79 Å². The zero-order valence-corrected chi connectivity index (χ0v) is 21.1. The third-order valence-corrected chi connectivity index (χ3v) is 6.74. The van der Waals surface area contributed by atoms with Crippen molar-refractivity contribution in [1.82, 2.24) is 5.32 Å². The number of carbonyl (C=O) groups is 2. The smallest absolute Gasteiger partial charge is 0.341 e. The molecule has 172 valence electrons. The Labute approximate surface area is 204 Å². The number of rotatable bonds is 8. The van der Waals surface area contributed by atoms with E-state index in [4.69, 9.17) is 26.4 Å². The molecule has 0 bridgehead atoms. The van der Waals surface area contributed by atoms with Crippen molar-refractivity contribution in [3.8, 4) is 5.75 Å². The molecule has 2 N–H and O–H groups in total. The van der Waals surface area contributed by atoms with Gasteiger partial charge in [0.05, 0.1) is 24.3 Å². The summed E-state index contributed by atoms with van der Waals surface area (Å²) in [6, 6.07) is 5.16. The molecule has 1 aromatic carbocycles. The highest BCUT2D eigenvalue weighted by atomic mass is 79.9. The summed E-state index contributed by atoms with van der Waals surface area (Å²) in [5.41, 5.74) is 1.88. The molecule has 32 heavy (non-hydrogen) atoms. The number of methoxy groups -OCH3 is 1. The summed E-state index contributed by atoms with van der Waals surface area (Å²) < 4.78 is 16.7. The van der Waals surface area contributed by atoms with E-state index in [9.17, 15) is 9.59 Å². The molecule has 0 spiro atoms. The Bertz CT molecular complexity index is 1010. The summed E-state index contributed by atoms with van der Waals surface area (Å²) in [5.74, 6) is -0.371. The van der Waals surface area contributed by atoms with Crippen molar-refractivity contribution in [1.29, 1.82) is 0 Å². The van der Waals surface area contributed by atoms with E-state index in [0.29, 0.717) is 41.7 Å². The number of aryl methyl sites for hydroxylation is 1. The Morgan fingerprint density at radius 1 is 1.22 bits per heavy atom. The minimum Gasteiger partial charge on any atom is -0.490 e. The highest BCUT2D eigenvalue weighted by Crippen LogP contribution is 2.38. The van der Waals surface area contributed by atoms with Crippen LogP contribution < -0.4 is 15.4 Å². The van der Waals surface area contributed by atoms with Crippen molar-refractivity contribution in [2.75, 3.05) is 32.2 Å². The van der Waals surface area contributed by atoms with Crippen molar-refractivity contribution < 1.29 is 23.8 Å². The molecular formula is C22H25BrN2O5S2. The predicted octanol–water partition coefficient (Wildman–Crippen LogP) is 4.72. The number of fused-ring (bicyclic) bond motifs is 1. The molecule has 1 aromatic heterocycles. The van der Waals surface area contributed by atoms with Gasteiger partial charge < -0.3 is 19.5 Å². The van der Waals surface area contributed by atoms with E-state index in [-0.39, 0.29) is 11.1 Å². The number of hydrogen-bond acceptors (Lipinski definition) is 7. The minimum atomic E-state index is -0.421. The number of carbonyl (C=O) groups excluding carboxylic acids is 2. The van der Waals surface area contributed by atoms with E-state index >= 15 is 0 Å². The van der Waals surface area contributed by atoms with Gasteiger partial charge in [0, 0.05) is 16.5 Å². The maximum atomic E-state index is 12.9. The monoisotopic (exact) mass is 540 g/mol. The van der Waals surface area contributed by atoms with Crippen LogP contribution in [0.2, 0.25) is 0 Å². The highest BCUT2D eigenvalue weighted by Gasteiger charge is 2.27. The van der Waals surface area contributed by atoms with Gasteiger partial charge in [-0.1, -0.05) is 15.9 Å². The fourth-order valence-electron chi connectivity index (χ4n) is 3.42. The number of hydrogen-bond donors (Lipinski definition) is 2. The molecule has 7 nitrogen and oxygen atoms in total. The number of nitrogens with one attached hydrogen (secondary N) is 2. The van der Waals surface area contributed by atoms with E-state index in [2.05, 4.69) is 26.6 Å². The Kier molecular flexibility index (Phi) is 9.03. The molecule has 1 heterocycles. The SMILES string of the molecule is CCOC(=O)c1c(NC(=S)NC(=O)c2cc(Br)ccc2OCCOC)sc2c1CCCC2. The first-order valence-corrected chi connectivity index (χ1v) is 12.3. The van der Waals surface area contributed by atoms with Crippen LogP contribution in [-0.4, -0.2) is 43.9 Å². The number of thiocarbonyl (C=S) groups is 1. The van der Waals surface area contributed by atoms with Crippen LogP contribution in [0.1, 0.15) is 50.9 Å². The number of amides is 1. The van der Waals surface area contributed by atoms with Gasteiger partial charge >= 0.3 is 5.97 Å². The average molecular weight is 541 g/mol. The highest BCUT2D eigenvalue weighted by molar-refractivity contribution is 9.10. The van der Waals surface area contributed by atoms with Crippen LogP contribution in [0.4, 0.5) is 5.00 Å². The van der Waals surface area contributed by atoms with Crippen LogP contribution >= 0.6 is 39.5 Å². The molecule has 0 aliphatic heterocycles. The Morgan fingerprint density at radius 3 is 2.75 bits per heavy atom. The second-order valence-corrected chi connectivity index (χ2v) is 9.45. The van der Waals surface area contributed by atoms with Gasteiger partial charge in [0.15, 0.2) is 5.11 Å². The van der Waals surface area contributed by atoms with E-state index < -0.39 is 5.91 Å². The maximum absolute atomic E-state index is 12.9. The molecular weight excluding hydrogens is 516 g/mol. The molecule has 10 heteroatoms.